The molecule has 17 nitrogen and oxygen atoms in total. The molecule has 0 aromatic rings. The number of rotatable bonds is 67. The average molecular weight is 1280 g/mol. The SMILES string of the molecule is CCCCCCCCCCCCCCCCCCCC(=O)O[C@H](COC(=O)CCCCCCCCCCCCC(C)C)COP(=O)(O)OC[C@@H](O)COP(=O)(O)OC[C@@H](COC(=O)CCCCCCC)OC(=O)CCCCCCCCCCC(C)CC. The smallest absolute Gasteiger partial charge is 0.462 e. The summed E-state index contributed by atoms with van der Waals surface area (Å²) in [6.07, 6.45) is 44.8. The first-order chi connectivity index (χ1) is 41.9. The Hall–Kier alpha value is -1.94. The van der Waals surface area contributed by atoms with E-state index in [2.05, 4.69) is 41.5 Å². The molecule has 0 bridgehead atoms. The highest BCUT2D eigenvalue weighted by Crippen LogP contribution is 2.45. The summed E-state index contributed by atoms with van der Waals surface area (Å²) in [5.41, 5.74) is 0. The highest BCUT2D eigenvalue weighted by Gasteiger charge is 2.30. The molecule has 87 heavy (non-hydrogen) atoms. The Bertz CT molecular complexity index is 1700. The van der Waals surface area contributed by atoms with Crippen LogP contribution in [-0.4, -0.2) is 96.7 Å². The van der Waals surface area contributed by atoms with E-state index in [1.807, 2.05) is 0 Å². The van der Waals surface area contributed by atoms with Crippen LogP contribution in [-0.2, 0) is 65.4 Å². The Morgan fingerprint density at radius 1 is 0.333 bits per heavy atom. The molecule has 0 radical (unpaired) electrons. The fraction of sp³-hybridized carbons (Fsp3) is 0.941. The molecule has 0 saturated heterocycles. The largest absolute Gasteiger partial charge is 0.472 e. The molecule has 516 valence electrons. The number of ether oxygens (including phenoxy) is 4. The first-order valence-corrected chi connectivity index (χ1v) is 38.5. The van der Waals surface area contributed by atoms with E-state index < -0.39 is 97.5 Å². The predicted octanol–water partition coefficient (Wildman–Crippen LogP) is 19.2. The van der Waals surface area contributed by atoms with Crippen molar-refractivity contribution in [1.82, 2.24) is 0 Å². The Balaban J connectivity index is 5.17. The van der Waals surface area contributed by atoms with E-state index in [-0.39, 0.29) is 25.7 Å². The van der Waals surface area contributed by atoms with E-state index in [4.69, 9.17) is 37.0 Å². The number of esters is 4. The standard InChI is InChI=1S/C68H132O17P2/c1-7-10-12-14-15-16-17-18-19-20-21-22-23-28-34-40-46-52-67(72)85-64(57-79-66(71)51-45-39-33-27-25-24-26-31-37-42-48-60(4)5)59-83-87(76,77)81-55-62(69)54-80-86(74,75)82-58-63(56-78-65(70)50-44-36-13-11-8-2)84-68(73)53-47-41-35-30-29-32-38-43-49-61(6)9-3/h60-64,69H,7-59H2,1-6H3,(H,74,75)(H,76,77)/t61?,62-,63+,64+/m0/s1. The van der Waals surface area contributed by atoms with Crippen molar-refractivity contribution in [3.8, 4) is 0 Å². The summed E-state index contributed by atoms with van der Waals surface area (Å²) < 4.78 is 68.0. The summed E-state index contributed by atoms with van der Waals surface area (Å²) in [6, 6.07) is 0. The molecule has 0 aliphatic heterocycles. The van der Waals surface area contributed by atoms with Crippen LogP contribution in [0.2, 0.25) is 0 Å². The topological polar surface area (TPSA) is 237 Å². The van der Waals surface area contributed by atoms with Crippen molar-refractivity contribution in [2.45, 2.75) is 362 Å². The van der Waals surface area contributed by atoms with Crippen LogP contribution >= 0.6 is 15.6 Å². The molecule has 0 saturated carbocycles. The number of hydrogen-bond donors (Lipinski definition) is 3. The zero-order chi connectivity index (χ0) is 64.3. The fourth-order valence-corrected chi connectivity index (χ4v) is 11.8. The first kappa shape index (κ1) is 85.1. The van der Waals surface area contributed by atoms with Crippen molar-refractivity contribution < 1.29 is 80.2 Å². The second-order valence-electron chi connectivity index (χ2n) is 25.3. The van der Waals surface area contributed by atoms with Crippen molar-refractivity contribution in [3.63, 3.8) is 0 Å². The lowest BCUT2D eigenvalue weighted by molar-refractivity contribution is -0.161. The van der Waals surface area contributed by atoms with Gasteiger partial charge in [0.15, 0.2) is 12.2 Å². The molecule has 0 rings (SSSR count). The van der Waals surface area contributed by atoms with Gasteiger partial charge < -0.3 is 33.8 Å². The van der Waals surface area contributed by atoms with Crippen LogP contribution in [0.4, 0.5) is 0 Å². The molecule has 0 fully saturated rings. The van der Waals surface area contributed by atoms with Crippen molar-refractivity contribution >= 4 is 39.5 Å². The zero-order valence-corrected chi connectivity index (χ0v) is 58.1. The summed E-state index contributed by atoms with van der Waals surface area (Å²) in [4.78, 5) is 72.2. The van der Waals surface area contributed by atoms with Crippen LogP contribution in [0.15, 0.2) is 0 Å². The quantitative estimate of drug-likeness (QED) is 0.0222. The van der Waals surface area contributed by atoms with E-state index in [1.165, 1.54) is 154 Å². The van der Waals surface area contributed by atoms with Crippen LogP contribution < -0.4 is 0 Å². The number of hydrogen-bond acceptors (Lipinski definition) is 15. The van der Waals surface area contributed by atoms with E-state index in [9.17, 15) is 43.2 Å². The Labute approximate surface area is 530 Å². The molecule has 3 N–H and O–H groups in total. The van der Waals surface area contributed by atoms with E-state index in [0.29, 0.717) is 25.7 Å². The lowest BCUT2D eigenvalue weighted by atomic mass is 9.99. The van der Waals surface area contributed by atoms with Crippen LogP contribution in [0.3, 0.4) is 0 Å². The van der Waals surface area contributed by atoms with Gasteiger partial charge in [0, 0.05) is 25.7 Å². The maximum Gasteiger partial charge on any atom is 0.472 e. The van der Waals surface area contributed by atoms with Gasteiger partial charge in [-0.1, -0.05) is 292 Å². The maximum absolute atomic E-state index is 13.0. The van der Waals surface area contributed by atoms with Gasteiger partial charge >= 0.3 is 39.5 Å². The molecule has 3 unspecified atom stereocenters. The van der Waals surface area contributed by atoms with Crippen molar-refractivity contribution in [3.05, 3.63) is 0 Å². The summed E-state index contributed by atoms with van der Waals surface area (Å²) >= 11 is 0. The van der Waals surface area contributed by atoms with Crippen LogP contribution in [0, 0.1) is 11.8 Å². The number of phosphoric ester groups is 2. The third-order valence-corrected chi connectivity index (χ3v) is 18.0. The molecule has 0 aliphatic rings. The molecule has 0 amide bonds. The Morgan fingerprint density at radius 2 is 0.586 bits per heavy atom. The Morgan fingerprint density at radius 3 is 0.874 bits per heavy atom. The van der Waals surface area contributed by atoms with Crippen LogP contribution in [0.25, 0.3) is 0 Å². The summed E-state index contributed by atoms with van der Waals surface area (Å²) in [7, 11) is -9.89. The first-order valence-electron chi connectivity index (χ1n) is 35.5. The van der Waals surface area contributed by atoms with Gasteiger partial charge in [-0.05, 0) is 37.5 Å². The number of unbranched alkanes of at least 4 members (excludes halogenated alkanes) is 36. The fourth-order valence-electron chi connectivity index (χ4n) is 10.2. The van der Waals surface area contributed by atoms with E-state index >= 15 is 0 Å². The van der Waals surface area contributed by atoms with Gasteiger partial charge in [0.2, 0.25) is 0 Å². The van der Waals surface area contributed by atoms with Gasteiger partial charge in [-0.25, -0.2) is 9.13 Å². The molecule has 0 aromatic carbocycles. The van der Waals surface area contributed by atoms with E-state index in [0.717, 1.165) is 108 Å². The second-order valence-corrected chi connectivity index (χ2v) is 28.2. The summed E-state index contributed by atoms with van der Waals surface area (Å²) in [6.45, 7) is 9.44. The van der Waals surface area contributed by atoms with Gasteiger partial charge in [0.05, 0.1) is 26.4 Å². The van der Waals surface area contributed by atoms with Crippen molar-refractivity contribution in [2.75, 3.05) is 39.6 Å². The molecule has 6 atom stereocenters. The highest BCUT2D eigenvalue weighted by molar-refractivity contribution is 7.47. The average Bonchev–Trinajstić information content (AvgIpc) is 3.57. The van der Waals surface area contributed by atoms with Crippen molar-refractivity contribution in [1.29, 1.82) is 0 Å². The predicted molar refractivity (Wildman–Crippen MR) is 349 cm³/mol. The van der Waals surface area contributed by atoms with E-state index in [1.54, 1.807) is 0 Å². The lowest BCUT2D eigenvalue weighted by Crippen LogP contribution is -2.30. The minimum absolute atomic E-state index is 0.104. The third kappa shape index (κ3) is 61.3. The van der Waals surface area contributed by atoms with Gasteiger partial charge in [0.25, 0.3) is 0 Å². The minimum atomic E-state index is -4.95. The molecule has 0 aliphatic carbocycles. The lowest BCUT2D eigenvalue weighted by Gasteiger charge is -2.21. The number of aliphatic hydroxyl groups is 1. The van der Waals surface area contributed by atoms with Crippen LogP contribution in [0.1, 0.15) is 343 Å². The maximum atomic E-state index is 13.0. The summed E-state index contributed by atoms with van der Waals surface area (Å²) in [5.74, 6) is -0.610. The molecule has 0 spiro atoms. The second kappa shape index (κ2) is 60.3. The molecular formula is C68H132O17P2. The third-order valence-electron chi connectivity index (χ3n) is 16.1. The molecular weight excluding hydrogens is 1150 g/mol. The highest BCUT2D eigenvalue weighted by atomic mass is 31.2. The number of phosphoric acid groups is 2. The number of carbonyl (C=O) groups is 4. The van der Waals surface area contributed by atoms with Crippen molar-refractivity contribution in [2.24, 2.45) is 11.8 Å². The number of aliphatic hydroxyl groups excluding tert-OH is 1. The molecule has 0 heterocycles. The Kier molecular flexibility index (Phi) is 59.0. The van der Waals surface area contributed by atoms with Gasteiger partial charge in [0.1, 0.15) is 19.3 Å². The monoisotopic (exact) mass is 1280 g/mol. The van der Waals surface area contributed by atoms with Crippen LogP contribution in [0.5, 0.6) is 0 Å². The van der Waals surface area contributed by atoms with Gasteiger partial charge in [-0.2, -0.15) is 0 Å². The zero-order valence-electron chi connectivity index (χ0n) is 56.3. The minimum Gasteiger partial charge on any atom is -0.462 e. The van der Waals surface area contributed by atoms with Gasteiger partial charge in [-0.3, -0.25) is 37.3 Å². The van der Waals surface area contributed by atoms with Gasteiger partial charge in [-0.15, -0.1) is 0 Å². The molecule has 19 heteroatoms. The normalized spacial score (nSPS) is 14.5. The number of carbonyl (C=O) groups excluding carboxylic acids is 4. The summed E-state index contributed by atoms with van der Waals surface area (Å²) in [5, 5.41) is 10.5. The molecule has 0 aromatic heterocycles.